The third-order valence-electron chi connectivity index (χ3n) is 3.69. The van der Waals surface area contributed by atoms with Crippen LogP contribution in [0.3, 0.4) is 0 Å². The first-order chi connectivity index (χ1) is 9.29. The predicted octanol–water partition coefficient (Wildman–Crippen LogP) is 3.29. The molecule has 1 aliphatic rings. The zero-order valence-corrected chi connectivity index (χ0v) is 11.1. The Labute approximate surface area is 112 Å². The van der Waals surface area contributed by atoms with Gasteiger partial charge < -0.3 is 4.74 Å². The smallest absolute Gasteiger partial charge is 0.339 e. The number of carbonyl (C=O) groups is 1. The Morgan fingerprint density at radius 1 is 1.32 bits per heavy atom. The molecule has 1 aromatic carbocycles. The molecule has 0 N–H and O–H groups in total. The van der Waals surface area contributed by atoms with Crippen LogP contribution in [0.2, 0.25) is 0 Å². The van der Waals surface area contributed by atoms with Crippen molar-refractivity contribution in [3.05, 3.63) is 41.1 Å². The average molecular weight is 255 g/mol. The Hall–Kier alpha value is -1.90. The maximum absolute atomic E-state index is 11.7. The molecule has 0 unspecified atom stereocenters. The molecule has 3 nitrogen and oxygen atoms in total. The van der Waals surface area contributed by atoms with E-state index in [4.69, 9.17) is 4.74 Å². The first-order valence-corrected chi connectivity index (χ1v) is 6.87. The normalized spacial score (nSPS) is 14.2. The zero-order valence-electron chi connectivity index (χ0n) is 11.1. The Balaban J connectivity index is 2.07. The van der Waals surface area contributed by atoms with Crippen molar-refractivity contribution < 1.29 is 9.53 Å². The summed E-state index contributed by atoms with van der Waals surface area (Å²) < 4.78 is 5.01. The fraction of sp³-hybridized carbons (Fsp3) is 0.375. The van der Waals surface area contributed by atoms with Gasteiger partial charge in [-0.15, -0.1) is 0 Å². The van der Waals surface area contributed by atoms with Crippen molar-refractivity contribution in [3.63, 3.8) is 0 Å². The van der Waals surface area contributed by atoms with E-state index in [2.05, 4.69) is 17.1 Å². The van der Waals surface area contributed by atoms with Crippen molar-refractivity contribution in [2.45, 2.75) is 32.6 Å². The molecule has 2 aromatic rings. The Kier molecular flexibility index (Phi) is 3.20. The van der Waals surface area contributed by atoms with E-state index in [0.29, 0.717) is 12.2 Å². The van der Waals surface area contributed by atoms with Gasteiger partial charge in [0.2, 0.25) is 0 Å². The summed E-state index contributed by atoms with van der Waals surface area (Å²) >= 11 is 0. The summed E-state index contributed by atoms with van der Waals surface area (Å²) in [7, 11) is 0. The van der Waals surface area contributed by atoms with Gasteiger partial charge in [-0.1, -0.05) is 12.1 Å². The van der Waals surface area contributed by atoms with Crippen LogP contribution in [0.4, 0.5) is 0 Å². The topological polar surface area (TPSA) is 39.2 Å². The summed E-state index contributed by atoms with van der Waals surface area (Å²) in [6.07, 6.45) is 6.37. The molecule has 0 saturated heterocycles. The van der Waals surface area contributed by atoms with Crippen molar-refractivity contribution in [1.82, 2.24) is 4.98 Å². The summed E-state index contributed by atoms with van der Waals surface area (Å²) in [6, 6.07) is 6.12. The first-order valence-electron chi connectivity index (χ1n) is 6.87. The second kappa shape index (κ2) is 5.00. The number of hydrogen-bond acceptors (Lipinski definition) is 3. The van der Waals surface area contributed by atoms with Crippen molar-refractivity contribution in [1.29, 1.82) is 0 Å². The molecule has 1 aromatic heterocycles. The van der Waals surface area contributed by atoms with E-state index in [9.17, 15) is 4.79 Å². The van der Waals surface area contributed by atoms with Crippen LogP contribution >= 0.6 is 0 Å². The fourth-order valence-corrected chi connectivity index (χ4v) is 2.76. The van der Waals surface area contributed by atoms with Crippen molar-refractivity contribution in [2.75, 3.05) is 6.61 Å². The van der Waals surface area contributed by atoms with Gasteiger partial charge in [-0.05, 0) is 49.8 Å². The quantitative estimate of drug-likeness (QED) is 0.773. The number of fused-ring (bicyclic) bond motifs is 3. The van der Waals surface area contributed by atoms with Gasteiger partial charge in [0, 0.05) is 11.6 Å². The molecule has 1 aliphatic carbocycles. The van der Waals surface area contributed by atoms with Crippen LogP contribution in [-0.4, -0.2) is 17.6 Å². The van der Waals surface area contributed by atoms with E-state index in [1.54, 1.807) is 6.20 Å². The maximum Gasteiger partial charge on any atom is 0.339 e. The number of aryl methyl sites for hydroxylation is 2. The van der Waals surface area contributed by atoms with Crippen LogP contribution in [0.5, 0.6) is 0 Å². The molecule has 3 heteroatoms. The number of esters is 1. The molecule has 0 fully saturated rings. The largest absolute Gasteiger partial charge is 0.462 e. The van der Waals surface area contributed by atoms with E-state index in [-0.39, 0.29) is 5.97 Å². The van der Waals surface area contributed by atoms with E-state index in [0.717, 1.165) is 23.7 Å². The number of hydrogen-bond donors (Lipinski definition) is 0. The Bertz CT molecular complexity index is 634. The number of rotatable bonds is 2. The minimum absolute atomic E-state index is 0.297. The second-order valence-corrected chi connectivity index (χ2v) is 4.93. The van der Waals surface area contributed by atoms with E-state index in [1.165, 1.54) is 24.0 Å². The molecule has 0 bridgehead atoms. The molecule has 0 radical (unpaired) electrons. The standard InChI is InChI=1S/C16H17NO2/c1-2-19-16(18)13-9-12-8-7-11-5-3-4-6-14(11)15(12)17-10-13/h7-10H,2-6H2,1H3. The van der Waals surface area contributed by atoms with Gasteiger partial charge in [0.1, 0.15) is 0 Å². The highest BCUT2D eigenvalue weighted by Crippen LogP contribution is 2.28. The molecule has 0 saturated carbocycles. The molecule has 0 aliphatic heterocycles. The molecule has 98 valence electrons. The van der Waals surface area contributed by atoms with Gasteiger partial charge >= 0.3 is 5.97 Å². The molecular formula is C16H17NO2. The molecule has 1 heterocycles. The van der Waals surface area contributed by atoms with Crippen molar-refractivity contribution in [3.8, 4) is 0 Å². The fourth-order valence-electron chi connectivity index (χ4n) is 2.76. The molecule has 3 rings (SSSR count). The summed E-state index contributed by atoms with van der Waals surface area (Å²) in [6.45, 7) is 2.20. The maximum atomic E-state index is 11.7. The van der Waals surface area contributed by atoms with Gasteiger partial charge in [0.05, 0.1) is 17.7 Å². The lowest BCUT2D eigenvalue weighted by atomic mass is 9.89. The monoisotopic (exact) mass is 255 g/mol. The van der Waals surface area contributed by atoms with E-state index >= 15 is 0 Å². The first kappa shape index (κ1) is 12.2. The second-order valence-electron chi connectivity index (χ2n) is 4.93. The van der Waals surface area contributed by atoms with Crippen molar-refractivity contribution >= 4 is 16.9 Å². The van der Waals surface area contributed by atoms with Crippen LogP contribution < -0.4 is 0 Å². The van der Waals surface area contributed by atoms with Crippen molar-refractivity contribution in [2.24, 2.45) is 0 Å². The Morgan fingerprint density at radius 2 is 2.16 bits per heavy atom. The van der Waals surface area contributed by atoms with Gasteiger partial charge in [0.15, 0.2) is 0 Å². The lowest BCUT2D eigenvalue weighted by Gasteiger charge is -2.17. The highest BCUT2D eigenvalue weighted by Gasteiger charge is 2.15. The molecule has 0 amide bonds. The van der Waals surface area contributed by atoms with Gasteiger partial charge in [-0.25, -0.2) is 4.79 Å². The van der Waals surface area contributed by atoms with Gasteiger partial charge in [0.25, 0.3) is 0 Å². The number of carbonyl (C=O) groups excluding carboxylic acids is 1. The highest BCUT2D eigenvalue weighted by atomic mass is 16.5. The number of pyridine rings is 1. The highest BCUT2D eigenvalue weighted by molar-refractivity contribution is 5.94. The number of benzene rings is 1. The predicted molar refractivity (Wildman–Crippen MR) is 74.3 cm³/mol. The third kappa shape index (κ3) is 2.21. The Morgan fingerprint density at radius 3 is 3.00 bits per heavy atom. The minimum Gasteiger partial charge on any atom is -0.462 e. The van der Waals surface area contributed by atoms with Crippen LogP contribution in [0.15, 0.2) is 24.4 Å². The summed E-state index contributed by atoms with van der Waals surface area (Å²) in [4.78, 5) is 16.2. The lowest BCUT2D eigenvalue weighted by molar-refractivity contribution is 0.0526. The van der Waals surface area contributed by atoms with E-state index in [1.807, 2.05) is 13.0 Å². The molecule has 19 heavy (non-hydrogen) atoms. The van der Waals surface area contributed by atoms with Crippen LogP contribution in [-0.2, 0) is 17.6 Å². The van der Waals surface area contributed by atoms with Crippen LogP contribution in [0, 0.1) is 0 Å². The number of nitrogens with zero attached hydrogens (tertiary/aromatic N) is 1. The molecule has 0 spiro atoms. The number of aromatic nitrogens is 1. The summed E-state index contributed by atoms with van der Waals surface area (Å²) in [5, 5.41) is 1.03. The lowest BCUT2D eigenvalue weighted by Crippen LogP contribution is -2.07. The van der Waals surface area contributed by atoms with E-state index < -0.39 is 0 Å². The number of ether oxygens (including phenoxy) is 1. The summed E-state index contributed by atoms with van der Waals surface area (Å²) in [5.74, 6) is -0.297. The molecule has 0 atom stereocenters. The average Bonchev–Trinajstić information content (AvgIpc) is 2.46. The van der Waals surface area contributed by atoms with Crippen LogP contribution in [0.1, 0.15) is 41.3 Å². The van der Waals surface area contributed by atoms with Gasteiger partial charge in [-0.3, -0.25) is 4.98 Å². The third-order valence-corrected chi connectivity index (χ3v) is 3.69. The zero-order chi connectivity index (χ0) is 13.2. The van der Waals surface area contributed by atoms with Crippen LogP contribution in [0.25, 0.3) is 10.9 Å². The minimum atomic E-state index is -0.297. The summed E-state index contributed by atoms with van der Waals surface area (Å²) in [5.41, 5.74) is 4.35. The molecular weight excluding hydrogens is 238 g/mol. The SMILES string of the molecule is CCOC(=O)c1cnc2c3c(ccc2c1)CCCC3. The van der Waals surface area contributed by atoms with Gasteiger partial charge in [-0.2, -0.15) is 0 Å².